The van der Waals surface area contributed by atoms with Gasteiger partial charge in [-0.1, -0.05) is 11.6 Å². The maximum absolute atomic E-state index is 9.24. The standard InChI is InChI=1S/C10H9ClN2O/c11-8-5-7(1-2-10(8)14)9-6-12-3-4-13-9/h1-5,12,14H,6H2. The highest BCUT2D eigenvalue weighted by atomic mass is 35.5. The lowest BCUT2D eigenvalue weighted by Gasteiger charge is -2.10. The van der Waals surface area contributed by atoms with E-state index < -0.39 is 0 Å². The van der Waals surface area contributed by atoms with E-state index in [-0.39, 0.29) is 5.75 Å². The number of nitrogens with one attached hydrogen (secondary N) is 1. The van der Waals surface area contributed by atoms with Gasteiger partial charge in [0.2, 0.25) is 0 Å². The molecule has 1 aliphatic rings. The van der Waals surface area contributed by atoms with Gasteiger partial charge < -0.3 is 10.4 Å². The Morgan fingerprint density at radius 2 is 2.29 bits per heavy atom. The zero-order valence-corrected chi connectivity index (χ0v) is 8.12. The number of benzene rings is 1. The molecule has 0 amide bonds. The molecule has 0 saturated carbocycles. The van der Waals surface area contributed by atoms with Crippen LogP contribution in [0.5, 0.6) is 5.75 Å². The summed E-state index contributed by atoms with van der Waals surface area (Å²) in [4.78, 5) is 4.20. The lowest BCUT2D eigenvalue weighted by atomic mass is 10.1. The molecule has 72 valence electrons. The minimum absolute atomic E-state index is 0.0929. The van der Waals surface area contributed by atoms with Crippen LogP contribution in [0.2, 0.25) is 5.02 Å². The number of halogens is 1. The van der Waals surface area contributed by atoms with Gasteiger partial charge in [-0.3, -0.25) is 4.99 Å². The van der Waals surface area contributed by atoms with E-state index in [2.05, 4.69) is 10.3 Å². The fourth-order valence-corrected chi connectivity index (χ4v) is 1.42. The van der Waals surface area contributed by atoms with Gasteiger partial charge in [0.15, 0.2) is 0 Å². The van der Waals surface area contributed by atoms with Crippen LogP contribution < -0.4 is 5.32 Å². The minimum Gasteiger partial charge on any atom is -0.506 e. The summed E-state index contributed by atoms with van der Waals surface area (Å²) in [6, 6.07) is 5.07. The minimum atomic E-state index is 0.0929. The Bertz CT molecular complexity index is 413. The predicted octanol–water partition coefficient (Wildman–Crippen LogP) is 1.91. The maximum atomic E-state index is 9.24. The van der Waals surface area contributed by atoms with E-state index in [1.54, 1.807) is 30.6 Å². The van der Waals surface area contributed by atoms with Crippen LogP contribution in [0, 0.1) is 0 Å². The first-order chi connectivity index (χ1) is 6.77. The predicted molar refractivity (Wildman–Crippen MR) is 56.8 cm³/mol. The van der Waals surface area contributed by atoms with Crippen molar-refractivity contribution in [2.45, 2.75) is 0 Å². The molecule has 1 heterocycles. The van der Waals surface area contributed by atoms with Crippen LogP contribution in [0.3, 0.4) is 0 Å². The van der Waals surface area contributed by atoms with Crippen LogP contribution in [-0.4, -0.2) is 17.4 Å². The zero-order valence-electron chi connectivity index (χ0n) is 7.37. The summed E-state index contributed by atoms with van der Waals surface area (Å²) < 4.78 is 0. The van der Waals surface area contributed by atoms with Crippen LogP contribution in [-0.2, 0) is 0 Å². The Balaban J connectivity index is 2.37. The van der Waals surface area contributed by atoms with Crippen LogP contribution in [0.15, 0.2) is 35.6 Å². The summed E-state index contributed by atoms with van der Waals surface area (Å²) in [6.07, 6.45) is 3.48. The second-order valence-corrected chi connectivity index (χ2v) is 3.35. The normalized spacial score (nSPS) is 14.8. The second kappa shape index (κ2) is 3.72. The molecule has 14 heavy (non-hydrogen) atoms. The number of rotatable bonds is 1. The van der Waals surface area contributed by atoms with Gasteiger partial charge in [-0.05, 0) is 23.8 Å². The summed E-state index contributed by atoms with van der Waals surface area (Å²) in [5.41, 5.74) is 1.83. The number of nitrogens with zero attached hydrogens (tertiary/aromatic N) is 1. The van der Waals surface area contributed by atoms with Crippen molar-refractivity contribution in [1.82, 2.24) is 5.32 Å². The zero-order chi connectivity index (χ0) is 9.97. The van der Waals surface area contributed by atoms with Gasteiger partial charge >= 0.3 is 0 Å². The number of aromatic hydroxyl groups is 1. The Hall–Kier alpha value is -1.48. The molecule has 0 unspecified atom stereocenters. The molecule has 1 aromatic rings. The van der Waals surface area contributed by atoms with Gasteiger partial charge in [-0.2, -0.15) is 0 Å². The fraction of sp³-hybridized carbons (Fsp3) is 0.100. The quantitative estimate of drug-likeness (QED) is 0.741. The molecule has 0 spiro atoms. The highest BCUT2D eigenvalue weighted by Crippen LogP contribution is 2.24. The second-order valence-electron chi connectivity index (χ2n) is 2.94. The monoisotopic (exact) mass is 208 g/mol. The number of phenolic OH excluding ortho intramolecular Hbond substituents is 1. The van der Waals surface area contributed by atoms with Crippen molar-refractivity contribution in [3.05, 3.63) is 41.2 Å². The summed E-state index contributed by atoms with van der Waals surface area (Å²) in [7, 11) is 0. The fourth-order valence-electron chi connectivity index (χ4n) is 1.24. The molecule has 1 aromatic carbocycles. The van der Waals surface area contributed by atoms with Gasteiger partial charge in [0.25, 0.3) is 0 Å². The Labute approximate surface area is 86.7 Å². The highest BCUT2D eigenvalue weighted by molar-refractivity contribution is 6.32. The van der Waals surface area contributed by atoms with E-state index in [0.29, 0.717) is 11.6 Å². The summed E-state index contributed by atoms with van der Waals surface area (Å²) in [6.45, 7) is 0.678. The molecule has 0 aliphatic carbocycles. The Morgan fingerprint density at radius 1 is 1.43 bits per heavy atom. The summed E-state index contributed by atoms with van der Waals surface area (Å²) >= 11 is 5.79. The van der Waals surface area contributed by atoms with Crippen LogP contribution in [0.4, 0.5) is 0 Å². The number of aliphatic imine (C=N–C) groups is 1. The molecule has 4 heteroatoms. The SMILES string of the molecule is Oc1ccc(C2=NC=CNC2)cc1Cl. The molecule has 0 radical (unpaired) electrons. The molecular weight excluding hydrogens is 200 g/mol. The van der Waals surface area contributed by atoms with Crippen molar-refractivity contribution in [1.29, 1.82) is 0 Å². The molecule has 0 aromatic heterocycles. The third-order valence-corrected chi connectivity index (χ3v) is 2.28. The van der Waals surface area contributed by atoms with Crippen LogP contribution in [0.25, 0.3) is 0 Å². The van der Waals surface area contributed by atoms with Gasteiger partial charge in [0.05, 0.1) is 17.3 Å². The van der Waals surface area contributed by atoms with Crippen molar-refractivity contribution in [3.63, 3.8) is 0 Å². The lowest BCUT2D eigenvalue weighted by molar-refractivity contribution is 0.475. The van der Waals surface area contributed by atoms with Crippen molar-refractivity contribution < 1.29 is 5.11 Å². The number of hydrogen-bond acceptors (Lipinski definition) is 3. The molecule has 0 bridgehead atoms. The van der Waals surface area contributed by atoms with E-state index in [1.807, 2.05) is 0 Å². The summed E-state index contributed by atoms with van der Waals surface area (Å²) in [5.74, 6) is 0.0929. The molecule has 2 rings (SSSR count). The summed E-state index contributed by atoms with van der Waals surface area (Å²) in [5, 5.41) is 12.6. The highest BCUT2D eigenvalue weighted by Gasteiger charge is 2.06. The van der Waals surface area contributed by atoms with Crippen molar-refractivity contribution in [2.24, 2.45) is 4.99 Å². The lowest BCUT2D eigenvalue weighted by Crippen LogP contribution is -2.21. The van der Waals surface area contributed by atoms with Crippen molar-refractivity contribution in [2.75, 3.05) is 6.54 Å². The average Bonchev–Trinajstić information content (AvgIpc) is 2.23. The van der Waals surface area contributed by atoms with E-state index in [0.717, 1.165) is 11.3 Å². The van der Waals surface area contributed by atoms with E-state index >= 15 is 0 Å². The Kier molecular flexibility index (Phi) is 2.41. The smallest absolute Gasteiger partial charge is 0.134 e. The Morgan fingerprint density at radius 3 is 2.93 bits per heavy atom. The van der Waals surface area contributed by atoms with Crippen LogP contribution >= 0.6 is 11.6 Å². The molecule has 0 fully saturated rings. The molecule has 0 atom stereocenters. The topological polar surface area (TPSA) is 44.6 Å². The van der Waals surface area contributed by atoms with Crippen molar-refractivity contribution in [3.8, 4) is 5.75 Å². The first-order valence-corrected chi connectivity index (χ1v) is 4.59. The van der Waals surface area contributed by atoms with Crippen LogP contribution in [0.1, 0.15) is 5.56 Å². The van der Waals surface area contributed by atoms with Crippen molar-refractivity contribution >= 4 is 17.3 Å². The first kappa shape index (κ1) is 9.09. The third kappa shape index (κ3) is 1.72. The van der Waals surface area contributed by atoms with E-state index in [9.17, 15) is 5.11 Å². The van der Waals surface area contributed by atoms with Gasteiger partial charge in [0, 0.05) is 12.4 Å². The van der Waals surface area contributed by atoms with Gasteiger partial charge in [0.1, 0.15) is 5.75 Å². The number of hydrogen-bond donors (Lipinski definition) is 2. The van der Waals surface area contributed by atoms with E-state index in [4.69, 9.17) is 11.6 Å². The first-order valence-electron chi connectivity index (χ1n) is 4.21. The maximum Gasteiger partial charge on any atom is 0.134 e. The van der Waals surface area contributed by atoms with Gasteiger partial charge in [-0.25, -0.2) is 0 Å². The molecule has 0 saturated heterocycles. The molecular formula is C10H9ClN2O. The molecule has 3 nitrogen and oxygen atoms in total. The third-order valence-electron chi connectivity index (χ3n) is 1.97. The molecule has 2 N–H and O–H groups in total. The number of phenols is 1. The van der Waals surface area contributed by atoms with Gasteiger partial charge in [-0.15, -0.1) is 0 Å². The average molecular weight is 209 g/mol. The van der Waals surface area contributed by atoms with E-state index in [1.165, 1.54) is 0 Å². The molecule has 1 aliphatic heterocycles. The largest absolute Gasteiger partial charge is 0.506 e.